The van der Waals surface area contributed by atoms with E-state index < -0.39 is 6.10 Å². The second kappa shape index (κ2) is 11.7. The molecule has 0 aromatic heterocycles. The first-order chi connectivity index (χ1) is 14.2. The summed E-state index contributed by atoms with van der Waals surface area (Å²) in [5.74, 6) is 0.719. The molecule has 29 heavy (non-hydrogen) atoms. The SMILES string of the molecule is O=C(CC(c1ccccc1)c1ccccc1)NC[C@@H](O)CNCC1CCCCC1. The Balaban J connectivity index is 1.45. The zero-order valence-corrected chi connectivity index (χ0v) is 17.2. The fourth-order valence-corrected chi connectivity index (χ4v) is 4.21. The minimum atomic E-state index is -0.561. The van der Waals surface area contributed by atoms with Crippen molar-refractivity contribution in [1.29, 1.82) is 0 Å². The lowest BCUT2D eigenvalue weighted by Gasteiger charge is -2.23. The van der Waals surface area contributed by atoms with Gasteiger partial charge in [-0.05, 0) is 36.4 Å². The third kappa shape index (κ3) is 7.30. The van der Waals surface area contributed by atoms with E-state index in [1.54, 1.807) is 0 Å². The van der Waals surface area contributed by atoms with Crippen molar-refractivity contribution in [2.75, 3.05) is 19.6 Å². The molecule has 0 heterocycles. The molecule has 1 atom stereocenters. The Kier molecular flexibility index (Phi) is 8.72. The molecule has 156 valence electrons. The van der Waals surface area contributed by atoms with Crippen LogP contribution < -0.4 is 10.6 Å². The third-order valence-corrected chi connectivity index (χ3v) is 5.87. The predicted molar refractivity (Wildman–Crippen MR) is 118 cm³/mol. The molecule has 1 amide bonds. The zero-order valence-electron chi connectivity index (χ0n) is 17.2. The molecule has 0 unspecified atom stereocenters. The minimum absolute atomic E-state index is 0.0129. The van der Waals surface area contributed by atoms with E-state index in [2.05, 4.69) is 34.9 Å². The highest BCUT2D eigenvalue weighted by molar-refractivity contribution is 5.77. The summed E-state index contributed by atoms with van der Waals surface area (Å²) >= 11 is 0. The van der Waals surface area contributed by atoms with Crippen molar-refractivity contribution < 1.29 is 9.90 Å². The quantitative estimate of drug-likeness (QED) is 0.573. The molecule has 4 nitrogen and oxygen atoms in total. The van der Waals surface area contributed by atoms with Gasteiger partial charge in [-0.15, -0.1) is 0 Å². The van der Waals surface area contributed by atoms with Gasteiger partial charge in [0.15, 0.2) is 0 Å². The van der Waals surface area contributed by atoms with Crippen molar-refractivity contribution >= 4 is 5.91 Å². The highest BCUT2D eigenvalue weighted by atomic mass is 16.3. The van der Waals surface area contributed by atoms with Crippen molar-refractivity contribution in [3.8, 4) is 0 Å². The Morgan fingerprint density at radius 3 is 2.07 bits per heavy atom. The van der Waals surface area contributed by atoms with Crippen molar-refractivity contribution in [2.45, 2.75) is 50.5 Å². The van der Waals surface area contributed by atoms with Gasteiger partial charge in [0.2, 0.25) is 5.91 Å². The highest BCUT2D eigenvalue weighted by Crippen LogP contribution is 2.27. The summed E-state index contributed by atoms with van der Waals surface area (Å²) in [6, 6.07) is 20.3. The normalized spacial score (nSPS) is 15.9. The molecule has 4 heteroatoms. The number of aliphatic hydroxyl groups is 1. The number of carbonyl (C=O) groups excluding carboxylic acids is 1. The number of rotatable bonds is 10. The van der Waals surface area contributed by atoms with Crippen LogP contribution in [0.15, 0.2) is 60.7 Å². The second-order valence-electron chi connectivity index (χ2n) is 8.20. The van der Waals surface area contributed by atoms with Gasteiger partial charge in [0, 0.05) is 25.4 Å². The minimum Gasteiger partial charge on any atom is -0.390 e. The maximum absolute atomic E-state index is 12.6. The molecule has 0 bridgehead atoms. The second-order valence-corrected chi connectivity index (χ2v) is 8.20. The van der Waals surface area contributed by atoms with Gasteiger partial charge in [0.25, 0.3) is 0 Å². The molecule has 0 saturated heterocycles. The lowest BCUT2D eigenvalue weighted by atomic mass is 9.88. The number of benzene rings is 2. The third-order valence-electron chi connectivity index (χ3n) is 5.87. The number of hydrogen-bond donors (Lipinski definition) is 3. The first kappa shape index (κ1) is 21.5. The van der Waals surface area contributed by atoms with Crippen LogP contribution >= 0.6 is 0 Å². The molecule has 1 fully saturated rings. The van der Waals surface area contributed by atoms with E-state index >= 15 is 0 Å². The molecule has 0 aliphatic heterocycles. The van der Waals surface area contributed by atoms with Gasteiger partial charge < -0.3 is 15.7 Å². The zero-order chi connectivity index (χ0) is 20.3. The number of amides is 1. The van der Waals surface area contributed by atoms with Gasteiger partial charge >= 0.3 is 0 Å². The smallest absolute Gasteiger partial charge is 0.221 e. The Hall–Kier alpha value is -2.17. The van der Waals surface area contributed by atoms with Gasteiger partial charge in [0.05, 0.1) is 6.10 Å². The van der Waals surface area contributed by atoms with Crippen molar-refractivity contribution in [3.63, 3.8) is 0 Å². The Morgan fingerprint density at radius 1 is 0.897 bits per heavy atom. The molecule has 0 spiro atoms. The molecule has 3 rings (SSSR count). The molecule has 2 aromatic rings. The van der Waals surface area contributed by atoms with Crippen LogP contribution in [0, 0.1) is 5.92 Å². The Morgan fingerprint density at radius 2 is 1.48 bits per heavy atom. The number of nitrogens with one attached hydrogen (secondary N) is 2. The van der Waals surface area contributed by atoms with E-state index in [0.29, 0.717) is 13.0 Å². The van der Waals surface area contributed by atoms with E-state index in [4.69, 9.17) is 0 Å². The fraction of sp³-hybridized carbons (Fsp3) is 0.480. The van der Waals surface area contributed by atoms with Crippen molar-refractivity contribution in [2.24, 2.45) is 5.92 Å². The maximum Gasteiger partial charge on any atom is 0.221 e. The van der Waals surface area contributed by atoms with Crippen molar-refractivity contribution in [1.82, 2.24) is 10.6 Å². The van der Waals surface area contributed by atoms with Crippen LogP contribution in [0.2, 0.25) is 0 Å². The standard InChI is InChI=1S/C25H34N2O2/c28-23(18-26-17-20-10-4-1-5-11-20)19-27-25(29)16-24(21-12-6-2-7-13-21)22-14-8-3-9-15-22/h2-3,6-9,12-15,20,23-24,26,28H,1,4-5,10-11,16-19H2,(H,27,29)/t23-/m0/s1. The summed E-state index contributed by atoms with van der Waals surface area (Å²) in [6.45, 7) is 1.78. The van der Waals surface area contributed by atoms with Gasteiger partial charge in [-0.25, -0.2) is 0 Å². The topological polar surface area (TPSA) is 61.4 Å². The van der Waals surface area contributed by atoms with Crippen LogP contribution in [0.1, 0.15) is 55.6 Å². The van der Waals surface area contributed by atoms with Gasteiger partial charge in [-0.2, -0.15) is 0 Å². The molecule has 1 aliphatic rings. The summed E-state index contributed by atoms with van der Waals surface area (Å²) in [5, 5.41) is 16.5. The van der Waals surface area contributed by atoms with E-state index in [1.807, 2.05) is 36.4 Å². The van der Waals surface area contributed by atoms with Crippen molar-refractivity contribution in [3.05, 3.63) is 71.8 Å². The monoisotopic (exact) mass is 394 g/mol. The first-order valence-corrected chi connectivity index (χ1v) is 11.0. The van der Waals surface area contributed by atoms with Crippen LogP contribution in [0.25, 0.3) is 0 Å². The summed E-state index contributed by atoms with van der Waals surface area (Å²) < 4.78 is 0. The molecule has 1 saturated carbocycles. The lowest BCUT2D eigenvalue weighted by molar-refractivity contribution is -0.121. The number of aliphatic hydroxyl groups excluding tert-OH is 1. The molecular weight excluding hydrogens is 360 g/mol. The van der Waals surface area contributed by atoms with E-state index in [9.17, 15) is 9.90 Å². The average molecular weight is 395 g/mol. The summed E-state index contributed by atoms with van der Waals surface area (Å²) in [6.07, 6.45) is 6.41. The summed E-state index contributed by atoms with van der Waals surface area (Å²) in [7, 11) is 0. The fourth-order valence-electron chi connectivity index (χ4n) is 4.21. The Labute approximate surface area is 174 Å². The molecule has 1 aliphatic carbocycles. The predicted octanol–water partition coefficient (Wildman–Crippen LogP) is 3.86. The van der Waals surface area contributed by atoms with E-state index in [-0.39, 0.29) is 18.4 Å². The lowest BCUT2D eigenvalue weighted by Crippen LogP contribution is -2.39. The molecule has 0 radical (unpaired) electrons. The van der Waals surface area contributed by atoms with Crippen LogP contribution in [0.5, 0.6) is 0 Å². The average Bonchev–Trinajstić information content (AvgIpc) is 2.78. The van der Waals surface area contributed by atoms with Crippen LogP contribution in [-0.2, 0) is 4.79 Å². The summed E-state index contributed by atoms with van der Waals surface area (Å²) in [4.78, 5) is 12.6. The van der Waals surface area contributed by atoms with Gasteiger partial charge in [-0.3, -0.25) is 4.79 Å². The molecule has 2 aromatic carbocycles. The van der Waals surface area contributed by atoms with Gasteiger partial charge in [0.1, 0.15) is 0 Å². The van der Waals surface area contributed by atoms with E-state index in [0.717, 1.165) is 23.6 Å². The van der Waals surface area contributed by atoms with Crippen LogP contribution in [0.3, 0.4) is 0 Å². The number of hydrogen-bond acceptors (Lipinski definition) is 3. The van der Waals surface area contributed by atoms with Gasteiger partial charge in [-0.1, -0.05) is 79.9 Å². The molecular formula is C25H34N2O2. The highest BCUT2D eigenvalue weighted by Gasteiger charge is 2.19. The largest absolute Gasteiger partial charge is 0.390 e. The summed E-state index contributed by atoms with van der Waals surface area (Å²) in [5.41, 5.74) is 2.26. The Bertz CT molecular complexity index is 675. The number of carbonyl (C=O) groups is 1. The van der Waals surface area contributed by atoms with E-state index in [1.165, 1.54) is 32.1 Å². The van der Waals surface area contributed by atoms with Crippen LogP contribution in [0.4, 0.5) is 0 Å². The molecule has 3 N–H and O–H groups in total. The van der Waals surface area contributed by atoms with Crippen LogP contribution in [-0.4, -0.2) is 36.8 Å². The first-order valence-electron chi connectivity index (χ1n) is 11.0. The maximum atomic E-state index is 12.6.